The Hall–Kier alpha value is -2.12. The Labute approximate surface area is 152 Å². The predicted molar refractivity (Wildman–Crippen MR) is 98.5 cm³/mol. The standard InChI is InChI=1S/C17H25ClN4O3/c1-4-7-20-16(24)12-6-5-11(8-13(12)18)22-14(23)9-21-17(25)15(19)10(2)3/h5-6,8,10,15H,4,7,9,19H2,1-3H3,(H,20,24)(H,21,25)(H,22,23)/t15-/m0/s1. The summed E-state index contributed by atoms with van der Waals surface area (Å²) < 4.78 is 0. The molecule has 0 aliphatic carbocycles. The van der Waals surface area contributed by atoms with E-state index < -0.39 is 11.9 Å². The van der Waals surface area contributed by atoms with Crippen molar-refractivity contribution in [1.82, 2.24) is 10.6 Å². The average Bonchev–Trinajstić information content (AvgIpc) is 2.56. The van der Waals surface area contributed by atoms with Crippen LogP contribution in [0.25, 0.3) is 0 Å². The molecule has 1 atom stereocenters. The van der Waals surface area contributed by atoms with Crippen molar-refractivity contribution in [3.63, 3.8) is 0 Å². The Kier molecular flexibility index (Phi) is 8.37. The quantitative estimate of drug-likeness (QED) is 0.557. The fourth-order valence-corrected chi connectivity index (χ4v) is 2.17. The molecular formula is C17H25ClN4O3. The summed E-state index contributed by atoms with van der Waals surface area (Å²) in [6, 6.07) is 3.94. The van der Waals surface area contributed by atoms with Crippen LogP contribution >= 0.6 is 11.6 Å². The van der Waals surface area contributed by atoms with Crippen molar-refractivity contribution in [2.75, 3.05) is 18.4 Å². The molecule has 7 nitrogen and oxygen atoms in total. The molecule has 0 spiro atoms. The second kappa shape index (κ2) is 10.0. The molecule has 0 aliphatic rings. The van der Waals surface area contributed by atoms with Crippen LogP contribution in [-0.4, -0.2) is 36.9 Å². The number of benzene rings is 1. The number of nitrogens with one attached hydrogen (secondary N) is 3. The summed E-state index contributed by atoms with van der Waals surface area (Å²) in [4.78, 5) is 35.5. The normalized spacial score (nSPS) is 11.8. The molecule has 0 unspecified atom stereocenters. The van der Waals surface area contributed by atoms with Crippen LogP contribution in [0, 0.1) is 5.92 Å². The summed E-state index contributed by atoms with van der Waals surface area (Å²) in [6.45, 7) is 5.96. The Bertz CT molecular complexity index is 634. The maximum Gasteiger partial charge on any atom is 0.252 e. The second-order valence-electron chi connectivity index (χ2n) is 5.99. The molecule has 1 aromatic rings. The summed E-state index contributed by atoms with van der Waals surface area (Å²) in [5, 5.41) is 8.05. The van der Waals surface area contributed by atoms with Gasteiger partial charge in [0.15, 0.2) is 0 Å². The molecule has 0 saturated heterocycles. The van der Waals surface area contributed by atoms with Gasteiger partial charge in [0.1, 0.15) is 0 Å². The first-order valence-corrected chi connectivity index (χ1v) is 8.55. The summed E-state index contributed by atoms with van der Waals surface area (Å²) in [5.74, 6) is -1.08. The molecule has 0 heterocycles. The lowest BCUT2D eigenvalue weighted by atomic mass is 10.1. The highest BCUT2D eigenvalue weighted by Gasteiger charge is 2.18. The minimum absolute atomic E-state index is 0.0201. The lowest BCUT2D eigenvalue weighted by Crippen LogP contribution is -2.46. The molecule has 5 N–H and O–H groups in total. The number of carbonyl (C=O) groups is 3. The van der Waals surface area contributed by atoms with E-state index in [1.807, 2.05) is 20.8 Å². The van der Waals surface area contributed by atoms with Crippen molar-refractivity contribution >= 4 is 35.0 Å². The highest BCUT2D eigenvalue weighted by atomic mass is 35.5. The zero-order valence-corrected chi connectivity index (χ0v) is 15.4. The van der Waals surface area contributed by atoms with Gasteiger partial charge in [0, 0.05) is 12.2 Å². The molecule has 0 aromatic heterocycles. The van der Waals surface area contributed by atoms with E-state index >= 15 is 0 Å². The Morgan fingerprint density at radius 2 is 1.88 bits per heavy atom. The van der Waals surface area contributed by atoms with Crippen molar-refractivity contribution in [2.45, 2.75) is 33.2 Å². The molecule has 0 fully saturated rings. The molecular weight excluding hydrogens is 344 g/mol. The highest BCUT2D eigenvalue weighted by Crippen LogP contribution is 2.21. The summed E-state index contributed by atoms with van der Waals surface area (Å²) >= 11 is 6.09. The minimum atomic E-state index is -0.664. The SMILES string of the molecule is CCCNC(=O)c1ccc(NC(=O)CNC(=O)[C@@H](N)C(C)C)cc1Cl. The molecule has 0 bridgehead atoms. The van der Waals surface area contributed by atoms with Crippen LogP contribution in [0.4, 0.5) is 5.69 Å². The molecule has 25 heavy (non-hydrogen) atoms. The van der Waals surface area contributed by atoms with E-state index in [9.17, 15) is 14.4 Å². The summed E-state index contributed by atoms with van der Waals surface area (Å²) in [6.07, 6.45) is 0.823. The number of hydrogen-bond donors (Lipinski definition) is 4. The van der Waals surface area contributed by atoms with Crippen LogP contribution in [0.1, 0.15) is 37.6 Å². The van der Waals surface area contributed by atoms with Crippen molar-refractivity contribution in [2.24, 2.45) is 11.7 Å². The van der Waals surface area contributed by atoms with Gasteiger partial charge < -0.3 is 21.7 Å². The Morgan fingerprint density at radius 1 is 1.20 bits per heavy atom. The third-order valence-corrected chi connectivity index (χ3v) is 3.79. The van der Waals surface area contributed by atoms with Crippen molar-refractivity contribution in [1.29, 1.82) is 0 Å². The third-order valence-electron chi connectivity index (χ3n) is 3.48. The fourth-order valence-electron chi connectivity index (χ4n) is 1.90. The van der Waals surface area contributed by atoms with E-state index in [0.29, 0.717) is 17.8 Å². The van der Waals surface area contributed by atoms with Gasteiger partial charge in [-0.25, -0.2) is 0 Å². The van der Waals surface area contributed by atoms with Gasteiger partial charge in [0.25, 0.3) is 5.91 Å². The van der Waals surface area contributed by atoms with E-state index in [1.54, 1.807) is 6.07 Å². The van der Waals surface area contributed by atoms with Crippen LogP contribution in [0.3, 0.4) is 0 Å². The van der Waals surface area contributed by atoms with Crippen molar-refractivity contribution in [3.8, 4) is 0 Å². The van der Waals surface area contributed by atoms with Crippen molar-refractivity contribution < 1.29 is 14.4 Å². The van der Waals surface area contributed by atoms with Gasteiger partial charge in [0.2, 0.25) is 11.8 Å². The van der Waals surface area contributed by atoms with Crippen LogP contribution in [0.15, 0.2) is 18.2 Å². The predicted octanol–water partition coefficient (Wildman–Crippen LogP) is 1.52. The zero-order valence-electron chi connectivity index (χ0n) is 14.7. The number of nitrogens with two attached hydrogens (primary N) is 1. The van der Waals surface area contributed by atoms with E-state index in [-0.39, 0.29) is 29.3 Å². The molecule has 3 amide bonds. The smallest absolute Gasteiger partial charge is 0.252 e. The third kappa shape index (κ3) is 6.72. The van der Waals surface area contributed by atoms with Gasteiger partial charge in [-0.1, -0.05) is 32.4 Å². The topological polar surface area (TPSA) is 113 Å². The lowest BCUT2D eigenvalue weighted by molar-refractivity contribution is -0.125. The number of amides is 3. The van der Waals surface area contributed by atoms with E-state index in [1.165, 1.54) is 12.1 Å². The molecule has 138 valence electrons. The van der Waals surface area contributed by atoms with E-state index in [4.69, 9.17) is 17.3 Å². The maximum atomic E-state index is 11.9. The van der Waals surface area contributed by atoms with Crippen molar-refractivity contribution in [3.05, 3.63) is 28.8 Å². The number of halogens is 1. The van der Waals surface area contributed by atoms with E-state index in [2.05, 4.69) is 16.0 Å². The van der Waals surface area contributed by atoms with Gasteiger partial charge in [-0.15, -0.1) is 0 Å². The van der Waals surface area contributed by atoms with Gasteiger partial charge in [0.05, 0.1) is 23.2 Å². The lowest BCUT2D eigenvalue weighted by Gasteiger charge is -2.15. The number of anilines is 1. The number of hydrogen-bond acceptors (Lipinski definition) is 4. The largest absolute Gasteiger partial charge is 0.352 e. The molecule has 8 heteroatoms. The fraction of sp³-hybridized carbons (Fsp3) is 0.471. The molecule has 0 saturated carbocycles. The van der Waals surface area contributed by atoms with Gasteiger partial charge in [-0.2, -0.15) is 0 Å². The summed E-state index contributed by atoms with van der Waals surface area (Å²) in [5.41, 5.74) is 6.47. The first-order chi connectivity index (χ1) is 11.8. The number of rotatable bonds is 8. The first kappa shape index (κ1) is 20.9. The molecule has 0 aliphatic heterocycles. The first-order valence-electron chi connectivity index (χ1n) is 8.17. The summed E-state index contributed by atoms with van der Waals surface area (Å²) in [7, 11) is 0. The highest BCUT2D eigenvalue weighted by molar-refractivity contribution is 6.34. The van der Waals surface area contributed by atoms with E-state index in [0.717, 1.165) is 6.42 Å². The van der Waals surface area contributed by atoms with Crippen LogP contribution in [0.5, 0.6) is 0 Å². The zero-order chi connectivity index (χ0) is 19.0. The van der Waals surface area contributed by atoms with Gasteiger partial charge in [-0.3, -0.25) is 14.4 Å². The second-order valence-corrected chi connectivity index (χ2v) is 6.39. The average molecular weight is 369 g/mol. The molecule has 1 rings (SSSR count). The minimum Gasteiger partial charge on any atom is -0.352 e. The van der Waals surface area contributed by atoms with Crippen LogP contribution in [-0.2, 0) is 9.59 Å². The van der Waals surface area contributed by atoms with Crippen LogP contribution < -0.4 is 21.7 Å². The molecule has 0 radical (unpaired) electrons. The van der Waals surface area contributed by atoms with Crippen LogP contribution in [0.2, 0.25) is 5.02 Å². The van der Waals surface area contributed by atoms with Gasteiger partial charge >= 0.3 is 0 Å². The Balaban J connectivity index is 2.59. The Morgan fingerprint density at radius 3 is 2.44 bits per heavy atom. The molecule has 1 aromatic carbocycles. The number of carbonyl (C=O) groups excluding carboxylic acids is 3. The van der Waals surface area contributed by atoms with Gasteiger partial charge in [-0.05, 0) is 30.5 Å². The maximum absolute atomic E-state index is 11.9. The monoisotopic (exact) mass is 368 g/mol.